The fourth-order valence-electron chi connectivity index (χ4n) is 4.13. The molecule has 2 rings (SSSR count). The number of pyridine rings is 1. The number of esters is 1. The summed E-state index contributed by atoms with van der Waals surface area (Å²) in [6.07, 6.45) is 21.6. The third kappa shape index (κ3) is 18.2. The van der Waals surface area contributed by atoms with Gasteiger partial charge in [0.2, 0.25) is 0 Å². The summed E-state index contributed by atoms with van der Waals surface area (Å²) in [5.74, 6) is 0.524. The Hall–Kier alpha value is -1.88. The van der Waals surface area contributed by atoms with Crippen molar-refractivity contribution in [2.24, 2.45) is 5.92 Å². The molecule has 1 aromatic heterocycles. The van der Waals surface area contributed by atoms with Crippen LogP contribution in [0.3, 0.4) is 0 Å². The maximum Gasteiger partial charge on any atom is 0.337 e. The van der Waals surface area contributed by atoms with E-state index >= 15 is 0 Å². The lowest BCUT2D eigenvalue weighted by Gasteiger charge is -2.28. The first-order chi connectivity index (χ1) is 18.8. The zero-order valence-corrected chi connectivity index (χ0v) is 27.0. The minimum absolute atomic E-state index is 0.0520. The van der Waals surface area contributed by atoms with Crippen LogP contribution >= 0.6 is 0 Å². The van der Waals surface area contributed by atoms with Crippen LogP contribution in [-0.4, -0.2) is 30.3 Å². The van der Waals surface area contributed by atoms with Crippen molar-refractivity contribution in [2.45, 2.75) is 157 Å². The first-order valence-corrected chi connectivity index (χ1v) is 15.9. The summed E-state index contributed by atoms with van der Waals surface area (Å²) in [6, 6.07) is 3.45. The largest absolute Gasteiger partial charge is 0.465 e. The lowest BCUT2D eigenvalue weighted by atomic mass is 9.96. The Bertz CT molecular complexity index is 757. The van der Waals surface area contributed by atoms with E-state index in [1.54, 1.807) is 18.3 Å². The Kier molecular flexibility index (Phi) is 22.8. The fourth-order valence-corrected chi connectivity index (χ4v) is 4.13. The Morgan fingerprint density at radius 1 is 1.03 bits per heavy atom. The number of carbonyl (C=O) groups is 1. The highest BCUT2D eigenvalue weighted by molar-refractivity contribution is 5.89. The van der Waals surface area contributed by atoms with Crippen LogP contribution in [0.25, 0.3) is 0 Å². The van der Waals surface area contributed by atoms with Crippen molar-refractivity contribution in [1.29, 1.82) is 0 Å². The van der Waals surface area contributed by atoms with Crippen molar-refractivity contribution in [1.82, 2.24) is 10.3 Å². The molecular weight excluding hydrogens is 484 g/mol. The maximum absolute atomic E-state index is 11.4. The Morgan fingerprint density at radius 2 is 1.69 bits per heavy atom. The minimum Gasteiger partial charge on any atom is -0.465 e. The topological polar surface area (TPSA) is 60.5 Å². The van der Waals surface area contributed by atoms with E-state index in [4.69, 9.17) is 4.74 Å². The molecule has 0 aliphatic heterocycles. The van der Waals surface area contributed by atoms with Crippen LogP contribution in [0.1, 0.15) is 161 Å². The summed E-state index contributed by atoms with van der Waals surface area (Å²) in [6.45, 7) is 17.5. The number of carbonyl (C=O) groups excluding carboxylic acids is 1. The van der Waals surface area contributed by atoms with E-state index in [1.807, 2.05) is 13.1 Å². The summed E-state index contributed by atoms with van der Waals surface area (Å²) in [7, 11) is 1.37. The van der Waals surface area contributed by atoms with Crippen LogP contribution in [-0.2, 0) is 9.47 Å². The number of nitrogens with zero attached hydrogens (tertiary/aromatic N) is 1. The van der Waals surface area contributed by atoms with Gasteiger partial charge in [0, 0.05) is 6.20 Å². The van der Waals surface area contributed by atoms with Crippen molar-refractivity contribution in [2.75, 3.05) is 7.11 Å². The lowest BCUT2D eigenvalue weighted by molar-refractivity contribution is -0.0393. The van der Waals surface area contributed by atoms with Crippen LogP contribution in [0.5, 0.6) is 0 Å². The quantitative estimate of drug-likeness (QED) is 0.235. The molecule has 3 unspecified atom stereocenters. The van der Waals surface area contributed by atoms with Crippen molar-refractivity contribution in [3.63, 3.8) is 0 Å². The SMILES string of the molecule is CC/C(C)=C/NC(C)c1cc(C(=O)OC)ccn1.CCCC.CCCC(CCC(C)CC)OC1CCCCC1. The van der Waals surface area contributed by atoms with Gasteiger partial charge in [0.25, 0.3) is 0 Å². The van der Waals surface area contributed by atoms with E-state index < -0.39 is 0 Å². The molecule has 3 atom stereocenters. The highest BCUT2D eigenvalue weighted by Crippen LogP contribution is 2.25. The zero-order valence-electron chi connectivity index (χ0n) is 27.0. The molecule has 5 nitrogen and oxygen atoms in total. The second kappa shape index (κ2) is 24.0. The molecule has 226 valence electrons. The molecule has 0 radical (unpaired) electrons. The number of rotatable bonds is 14. The summed E-state index contributed by atoms with van der Waals surface area (Å²) in [5.41, 5.74) is 2.61. The standard InChI is InChI=1S/C16H32O.C14H20N2O2.C4H10/c1-4-9-15(13-12-14(3)5-2)17-16-10-7-6-8-11-16;1-5-10(2)9-16-11(3)13-8-12(6-7-15-13)14(17)18-4;1-3-4-2/h14-16H,4-13H2,1-3H3;6-9,11,16H,5H2,1-4H3;3-4H2,1-2H3/b;10-9+;. The Labute approximate surface area is 241 Å². The predicted octanol–water partition coefficient (Wildman–Crippen LogP) is 9.97. The number of methoxy groups -OCH3 is 1. The molecule has 0 saturated heterocycles. The fraction of sp³-hybridized carbons (Fsp3) is 0.765. The van der Waals surface area contributed by atoms with Gasteiger partial charge in [-0.15, -0.1) is 0 Å². The first kappa shape index (κ1) is 37.1. The van der Waals surface area contributed by atoms with Crippen molar-refractivity contribution in [3.8, 4) is 0 Å². The van der Waals surface area contributed by atoms with Gasteiger partial charge in [0.15, 0.2) is 0 Å². The van der Waals surface area contributed by atoms with Gasteiger partial charge in [0.1, 0.15) is 0 Å². The number of ether oxygens (including phenoxy) is 2. The van der Waals surface area contributed by atoms with Crippen LogP contribution in [0.2, 0.25) is 0 Å². The Balaban J connectivity index is 0.000000652. The van der Waals surface area contributed by atoms with Gasteiger partial charge in [0.05, 0.1) is 36.6 Å². The van der Waals surface area contributed by atoms with Crippen LogP contribution in [0.4, 0.5) is 0 Å². The molecule has 1 aliphatic carbocycles. The second-order valence-electron chi connectivity index (χ2n) is 11.1. The Morgan fingerprint density at radius 3 is 2.23 bits per heavy atom. The van der Waals surface area contributed by atoms with Gasteiger partial charge in [-0.05, 0) is 76.6 Å². The van der Waals surface area contributed by atoms with Crippen molar-refractivity contribution in [3.05, 3.63) is 41.4 Å². The average Bonchev–Trinajstić information content (AvgIpc) is 2.98. The number of aromatic nitrogens is 1. The minimum atomic E-state index is -0.342. The molecule has 1 heterocycles. The molecule has 0 aromatic carbocycles. The number of allylic oxidation sites excluding steroid dienone is 1. The molecule has 1 fully saturated rings. The summed E-state index contributed by atoms with van der Waals surface area (Å²) >= 11 is 0. The third-order valence-electron chi connectivity index (χ3n) is 7.51. The summed E-state index contributed by atoms with van der Waals surface area (Å²) in [4.78, 5) is 15.7. The molecule has 0 spiro atoms. The van der Waals surface area contributed by atoms with Gasteiger partial charge in [-0.25, -0.2) is 4.79 Å². The highest BCUT2D eigenvalue weighted by Gasteiger charge is 2.19. The van der Waals surface area contributed by atoms with E-state index in [1.165, 1.54) is 89.7 Å². The number of nitrogens with one attached hydrogen (secondary N) is 1. The van der Waals surface area contributed by atoms with Gasteiger partial charge >= 0.3 is 5.97 Å². The smallest absolute Gasteiger partial charge is 0.337 e. The number of unbranched alkanes of at least 4 members (excludes halogenated alkanes) is 1. The number of hydrogen-bond donors (Lipinski definition) is 1. The van der Waals surface area contributed by atoms with E-state index in [0.29, 0.717) is 17.8 Å². The molecule has 1 saturated carbocycles. The van der Waals surface area contributed by atoms with Gasteiger partial charge in [-0.2, -0.15) is 0 Å². The lowest BCUT2D eigenvalue weighted by Crippen LogP contribution is -2.24. The molecule has 1 N–H and O–H groups in total. The molecule has 0 amide bonds. The molecule has 0 bridgehead atoms. The zero-order chi connectivity index (χ0) is 29.5. The van der Waals surface area contributed by atoms with Crippen LogP contribution in [0, 0.1) is 5.92 Å². The third-order valence-corrected chi connectivity index (χ3v) is 7.51. The van der Waals surface area contributed by atoms with Crippen LogP contribution in [0.15, 0.2) is 30.1 Å². The van der Waals surface area contributed by atoms with E-state index in [0.717, 1.165) is 18.0 Å². The molecular formula is C34H62N2O3. The maximum atomic E-state index is 11.4. The van der Waals surface area contributed by atoms with Gasteiger partial charge in [-0.3, -0.25) is 4.98 Å². The monoisotopic (exact) mass is 546 g/mol. The molecule has 1 aromatic rings. The average molecular weight is 547 g/mol. The predicted molar refractivity (Wildman–Crippen MR) is 167 cm³/mol. The highest BCUT2D eigenvalue weighted by atomic mass is 16.5. The van der Waals surface area contributed by atoms with E-state index in [9.17, 15) is 4.79 Å². The van der Waals surface area contributed by atoms with Gasteiger partial charge in [-0.1, -0.05) is 92.1 Å². The normalized spacial score (nSPS) is 16.1. The summed E-state index contributed by atoms with van der Waals surface area (Å²) in [5, 5.41) is 3.26. The van der Waals surface area contributed by atoms with Gasteiger partial charge < -0.3 is 14.8 Å². The molecule has 5 heteroatoms. The molecule has 39 heavy (non-hydrogen) atoms. The van der Waals surface area contributed by atoms with E-state index in [-0.39, 0.29) is 12.0 Å². The van der Waals surface area contributed by atoms with Crippen LogP contribution < -0.4 is 5.32 Å². The summed E-state index contributed by atoms with van der Waals surface area (Å²) < 4.78 is 11.0. The van der Waals surface area contributed by atoms with Crippen molar-refractivity contribution < 1.29 is 14.3 Å². The van der Waals surface area contributed by atoms with Crippen molar-refractivity contribution >= 4 is 5.97 Å². The first-order valence-electron chi connectivity index (χ1n) is 15.9. The van der Waals surface area contributed by atoms with E-state index in [2.05, 4.69) is 63.5 Å². The number of hydrogen-bond acceptors (Lipinski definition) is 5. The molecule has 1 aliphatic rings. The second-order valence-corrected chi connectivity index (χ2v) is 11.1.